The van der Waals surface area contributed by atoms with Gasteiger partial charge in [-0.15, -0.1) is 0 Å². The lowest BCUT2D eigenvalue weighted by atomic mass is 10.1. The molecule has 1 N–H and O–H groups in total. The number of hydrogen-bond acceptors (Lipinski definition) is 2. The lowest BCUT2D eigenvalue weighted by Crippen LogP contribution is -2.15. The largest absolute Gasteiger partial charge is 0.458 e. The third-order valence-corrected chi connectivity index (χ3v) is 4.33. The fourth-order valence-electron chi connectivity index (χ4n) is 2.38. The average molecular weight is 355 g/mol. The molecule has 2 nitrogen and oxygen atoms in total. The van der Waals surface area contributed by atoms with Crippen LogP contribution in [0.15, 0.2) is 22.6 Å². The molecule has 1 aromatic carbocycles. The molecule has 1 saturated carbocycles. The van der Waals surface area contributed by atoms with Crippen LogP contribution in [-0.4, -0.2) is 6.04 Å². The Hall–Kier alpha value is -0.550. The molecule has 1 heterocycles. The predicted octanol–water partition coefficient (Wildman–Crippen LogP) is 4.24. The van der Waals surface area contributed by atoms with Crippen molar-refractivity contribution in [2.75, 3.05) is 0 Å². The van der Waals surface area contributed by atoms with Gasteiger partial charge in [-0.05, 0) is 47.9 Å². The molecule has 0 amide bonds. The number of halogens is 1. The quantitative estimate of drug-likeness (QED) is 0.812. The second-order valence-corrected chi connectivity index (χ2v) is 6.19. The van der Waals surface area contributed by atoms with Crippen molar-refractivity contribution >= 4 is 33.6 Å². The van der Waals surface area contributed by atoms with E-state index in [0.717, 1.165) is 36.8 Å². The summed E-state index contributed by atoms with van der Waals surface area (Å²) in [4.78, 5) is 0. The van der Waals surface area contributed by atoms with Crippen molar-refractivity contribution in [1.82, 2.24) is 5.32 Å². The van der Waals surface area contributed by atoms with Crippen LogP contribution in [0.1, 0.15) is 37.5 Å². The summed E-state index contributed by atoms with van der Waals surface area (Å²) in [6.45, 7) is 3.11. The zero-order chi connectivity index (χ0) is 12.5. The Kier molecular flexibility index (Phi) is 3.61. The molecule has 1 aromatic heterocycles. The highest BCUT2D eigenvalue weighted by Crippen LogP contribution is 2.31. The molecule has 18 heavy (non-hydrogen) atoms. The number of fused-ring (bicyclic) bond motifs is 1. The third-order valence-electron chi connectivity index (χ3n) is 3.48. The van der Waals surface area contributed by atoms with Gasteiger partial charge in [0, 0.05) is 17.0 Å². The lowest BCUT2D eigenvalue weighted by Gasteiger charge is -2.02. The molecule has 0 saturated heterocycles. The summed E-state index contributed by atoms with van der Waals surface area (Å²) in [6.07, 6.45) is 4.91. The number of furan rings is 1. The van der Waals surface area contributed by atoms with E-state index in [9.17, 15) is 0 Å². The van der Waals surface area contributed by atoms with Crippen LogP contribution < -0.4 is 5.32 Å². The van der Waals surface area contributed by atoms with Crippen LogP contribution in [0, 0.1) is 3.57 Å². The number of para-hydroxylation sites is 1. The first-order valence-corrected chi connectivity index (χ1v) is 7.79. The molecule has 0 unspecified atom stereocenters. The number of rotatable bonds is 5. The molecule has 0 bridgehead atoms. The van der Waals surface area contributed by atoms with Crippen LogP contribution >= 0.6 is 22.6 Å². The van der Waals surface area contributed by atoms with Gasteiger partial charge in [-0.1, -0.05) is 25.5 Å². The summed E-state index contributed by atoms with van der Waals surface area (Å²) < 4.78 is 7.30. The molecule has 1 fully saturated rings. The number of nitrogens with one attached hydrogen (secondary N) is 1. The highest BCUT2D eigenvalue weighted by atomic mass is 127. The van der Waals surface area contributed by atoms with Crippen LogP contribution in [0.25, 0.3) is 11.0 Å². The molecule has 1 aliphatic carbocycles. The lowest BCUT2D eigenvalue weighted by molar-refractivity contribution is 0.504. The minimum atomic E-state index is 0.728. The van der Waals surface area contributed by atoms with Crippen molar-refractivity contribution in [3.63, 3.8) is 0 Å². The van der Waals surface area contributed by atoms with E-state index in [-0.39, 0.29) is 0 Å². The molecule has 3 heteroatoms. The Morgan fingerprint density at radius 3 is 2.94 bits per heavy atom. The first kappa shape index (κ1) is 12.5. The minimum absolute atomic E-state index is 0.728. The van der Waals surface area contributed by atoms with Crippen molar-refractivity contribution in [3.05, 3.63) is 33.1 Å². The van der Waals surface area contributed by atoms with E-state index < -0.39 is 0 Å². The van der Waals surface area contributed by atoms with Gasteiger partial charge in [-0.3, -0.25) is 0 Å². The molecular formula is C15H18INO. The van der Waals surface area contributed by atoms with E-state index in [1.54, 1.807) is 0 Å². The maximum Gasteiger partial charge on any atom is 0.147 e. The maximum atomic E-state index is 6.09. The molecule has 96 valence electrons. The molecule has 0 spiro atoms. The minimum Gasteiger partial charge on any atom is -0.458 e. The molecular weight excluding hydrogens is 337 g/mol. The van der Waals surface area contributed by atoms with Gasteiger partial charge >= 0.3 is 0 Å². The molecule has 0 atom stereocenters. The topological polar surface area (TPSA) is 25.2 Å². The van der Waals surface area contributed by atoms with E-state index in [1.165, 1.54) is 27.4 Å². The Balaban J connectivity index is 1.98. The summed E-state index contributed by atoms with van der Waals surface area (Å²) in [5.74, 6) is 1.14. The van der Waals surface area contributed by atoms with Crippen LogP contribution in [0.3, 0.4) is 0 Å². The average Bonchev–Trinajstić information content (AvgIpc) is 3.12. The van der Waals surface area contributed by atoms with E-state index in [0.29, 0.717) is 0 Å². The molecule has 1 aliphatic rings. The maximum absolute atomic E-state index is 6.09. The molecule has 3 rings (SSSR count). The highest BCUT2D eigenvalue weighted by molar-refractivity contribution is 14.1. The number of hydrogen-bond donors (Lipinski definition) is 1. The van der Waals surface area contributed by atoms with Gasteiger partial charge in [0.15, 0.2) is 0 Å². The van der Waals surface area contributed by atoms with Crippen molar-refractivity contribution in [3.8, 4) is 0 Å². The van der Waals surface area contributed by atoms with Crippen molar-refractivity contribution in [1.29, 1.82) is 0 Å². The zero-order valence-corrected chi connectivity index (χ0v) is 12.8. The standard InChI is InChI=1S/C15H18INO/c1-2-4-11-12-5-3-6-13(16)15(12)18-14(11)9-17-10-7-8-10/h3,5-6,10,17H,2,4,7-9H2,1H3. The van der Waals surface area contributed by atoms with Crippen molar-refractivity contribution in [2.45, 2.75) is 45.2 Å². The first-order chi connectivity index (χ1) is 8.79. The fourth-order valence-corrected chi connectivity index (χ4v) is 2.98. The van der Waals surface area contributed by atoms with Gasteiger partial charge in [0.25, 0.3) is 0 Å². The van der Waals surface area contributed by atoms with Crippen LogP contribution in [0.5, 0.6) is 0 Å². The third kappa shape index (κ3) is 2.43. The summed E-state index contributed by atoms with van der Waals surface area (Å²) in [5.41, 5.74) is 2.47. The van der Waals surface area contributed by atoms with E-state index >= 15 is 0 Å². The van der Waals surface area contributed by atoms with Crippen LogP contribution in [0.2, 0.25) is 0 Å². The Morgan fingerprint density at radius 2 is 2.22 bits per heavy atom. The smallest absolute Gasteiger partial charge is 0.147 e. The normalized spacial score (nSPS) is 15.4. The second-order valence-electron chi connectivity index (χ2n) is 5.03. The van der Waals surface area contributed by atoms with Gasteiger partial charge in [-0.25, -0.2) is 0 Å². The number of aryl methyl sites for hydroxylation is 1. The summed E-state index contributed by atoms with van der Waals surface area (Å²) in [7, 11) is 0. The second kappa shape index (κ2) is 5.21. The van der Waals surface area contributed by atoms with Crippen LogP contribution in [0.4, 0.5) is 0 Å². The highest BCUT2D eigenvalue weighted by Gasteiger charge is 2.22. The Morgan fingerprint density at radius 1 is 1.39 bits per heavy atom. The molecule has 2 aromatic rings. The Bertz CT molecular complexity index is 557. The predicted molar refractivity (Wildman–Crippen MR) is 82.8 cm³/mol. The number of benzene rings is 1. The molecule has 0 aliphatic heterocycles. The van der Waals surface area contributed by atoms with Gasteiger partial charge < -0.3 is 9.73 Å². The van der Waals surface area contributed by atoms with Gasteiger partial charge in [0.2, 0.25) is 0 Å². The van der Waals surface area contributed by atoms with E-state index in [1.807, 2.05) is 0 Å². The first-order valence-electron chi connectivity index (χ1n) is 6.71. The van der Waals surface area contributed by atoms with Gasteiger partial charge in [0.1, 0.15) is 11.3 Å². The van der Waals surface area contributed by atoms with Gasteiger partial charge in [0.05, 0.1) is 10.1 Å². The fraction of sp³-hybridized carbons (Fsp3) is 0.467. The summed E-state index contributed by atoms with van der Waals surface area (Å²) >= 11 is 2.36. The van der Waals surface area contributed by atoms with Gasteiger partial charge in [-0.2, -0.15) is 0 Å². The summed E-state index contributed by atoms with van der Waals surface area (Å²) in [6, 6.07) is 7.15. The zero-order valence-electron chi connectivity index (χ0n) is 10.6. The summed E-state index contributed by atoms with van der Waals surface area (Å²) in [5, 5.41) is 4.86. The Labute approximate surface area is 121 Å². The SMILES string of the molecule is CCCc1c(CNC2CC2)oc2c(I)cccc12. The van der Waals surface area contributed by atoms with Crippen LogP contribution in [-0.2, 0) is 13.0 Å². The van der Waals surface area contributed by atoms with E-state index in [4.69, 9.17) is 4.42 Å². The van der Waals surface area contributed by atoms with E-state index in [2.05, 4.69) is 53.0 Å². The van der Waals surface area contributed by atoms with Crippen molar-refractivity contribution < 1.29 is 4.42 Å². The van der Waals surface area contributed by atoms with Crippen molar-refractivity contribution in [2.24, 2.45) is 0 Å². The molecule has 0 radical (unpaired) electrons. The monoisotopic (exact) mass is 355 g/mol.